The van der Waals surface area contributed by atoms with Gasteiger partial charge in [0, 0.05) is 18.3 Å². The monoisotopic (exact) mass is 330 g/mol. The smallest absolute Gasteiger partial charge is 0.243 e. The Morgan fingerprint density at radius 3 is 2.82 bits per heavy atom. The molecule has 5 nitrogen and oxygen atoms in total. The normalized spacial score (nSPS) is 21.4. The number of amides is 1. The number of morpholine rings is 1. The SMILES string of the molecule is Cl.O=C(Nc1ccc(OC2CCC2)c(F)c1)C1COCCN1. The van der Waals surface area contributed by atoms with E-state index in [0.29, 0.717) is 25.4 Å². The van der Waals surface area contributed by atoms with Gasteiger partial charge in [-0.25, -0.2) is 4.39 Å². The first kappa shape index (κ1) is 17.0. The Bertz CT molecular complexity index is 520. The fourth-order valence-electron chi connectivity index (χ4n) is 2.31. The number of nitrogens with one attached hydrogen (secondary N) is 2. The summed E-state index contributed by atoms with van der Waals surface area (Å²) in [6.07, 6.45) is 3.22. The number of hydrogen-bond donors (Lipinski definition) is 2. The van der Waals surface area contributed by atoms with Gasteiger partial charge in [-0.05, 0) is 31.4 Å². The Kier molecular flexibility index (Phi) is 5.99. The molecule has 0 bridgehead atoms. The molecule has 1 unspecified atom stereocenters. The molecule has 2 N–H and O–H groups in total. The molecule has 0 radical (unpaired) electrons. The second-order valence-corrected chi connectivity index (χ2v) is 5.39. The van der Waals surface area contributed by atoms with Crippen molar-refractivity contribution in [2.24, 2.45) is 0 Å². The molecule has 0 spiro atoms. The third kappa shape index (κ3) is 4.09. The molecular weight excluding hydrogens is 311 g/mol. The molecule has 7 heteroatoms. The fourth-order valence-corrected chi connectivity index (χ4v) is 2.31. The van der Waals surface area contributed by atoms with Gasteiger partial charge in [0.2, 0.25) is 5.91 Å². The van der Waals surface area contributed by atoms with E-state index in [-0.39, 0.29) is 30.2 Å². The van der Waals surface area contributed by atoms with Gasteiger partial charge < -0.3 is 20.1 Å². The number of halogens is 2. The van der Waals surface area contributed by atoms with E-state index in [1.807, 2.05) is 0 Å². The van der Waals surface area contributed by atoms with Gasteiger partial charge in [0.1, 0.15) is 6.04 Å². The second-order valence-electron chi connectivity index (χ2n) is 5.39. The van der Waals surface area contributed by atoms with Gasteiger partial charge in [0.15, 0.2) is 11.6 Å². The maximum absolute atomic E-state index is 13.9. The van der Waals surface area contributed by atoms with E-state index in [0.717, 1.165) is 19.3 Å². The van der Waals surface area contributed by atoms with Crippen LogP contribution in [0.4, 0.5) is 10.1 Å². The largest absolute Gasteiger partial charge is 0.487 e. The number of carbonyl (C=O) groups excluding carboxylic acids is 1. The number of carbonyl (C=O) groups is 1. The molecule has 3 rings (SSSR count). The zero-order valence-electron chi connectivity index (χ0n) is 12.1. The Hall–Kier alpha value is -1.37. The lowest BCUT2D eigenvalue weighted by Crippen LogP contribution is -2.48. The van der Waals surface area contributed by atoms with Gasteiger partial charge in [-0.1, -0.05) is 0 Å². The van der Waals surface area contributed by atoms with Crippen LogP contribution in [0.25, 0.3) is 0 Å². The zero-order valence-corrected chi connectivity index (χ0v) is 13.0. The van der Waals surface area contributed by atoms with Crippen molar-refractivity contribution in [2.75, 3.05) is 25.1 Å². The maximum Gasteiger partial charge on any atom is 0.243 e. The summed E-state index contributed by atoms with van der Waals surface area (Å²) in [5, 5.41) is 5.73. The number of benzene rings is 1. The van der Waals surface area contributed by atoms with Crippen LogP contribution in [-0.4, -0.2) is 37.8 Å². The van der Waals surface area contributed by atoms with Crippen molar-refractivity contribution in [3.63, 3.8) is 0 Å². The predicted octanol–water partition coefficient (Wildman–Crippen LogP) is 2.11. The third-order valence-corrected chi connectivity index (χ3v) is 3.78. The van der Waals surface area contributed by atoms with Crippen LogP contribution in [0.3, 0.4) is 0 Å². The molecule has 122 valence electrons. The van der Waals surface area contributed by atoms with E-state index in [1.54, 1.807) is 12.1 Å². The molecule has 1 aromatic carbocycles. The van der Waals surface area contributed by atoms with E-state index >= 15 is 0 Å². The van der Waals surface area contributed by atoms with E-state index in [4.69, 9.17) is 9.47 Å². The van der Waals surface area contributed by atoms with Gasteiger partial charge in [0.05, 0.1) is 19.3 Å². The van der Waals surface area contributed by atoms with Crippen LogP contribution in [0, 0.1) is 5.82 Å². The Morgan fingerprint density at radius 1 is 1.41 bits per heavy atom. The van der Waals surface area contributed by atoms with Crippen LogP contribution in [0.1, 0.15) is 19.3 Å². The highest BCUT2D eigenvalue weighted by atomic mass is 35.5. The molecule has 1 atom stereocenters. The molecule has 0 aromatic heterocycles. The summed E-state index contributed by atoms with van der Waals surface area (Å²) in [7, 11) is 0. The van der Waals surface area contributed by atoms with Crippen LogP contribution >= 0.6 is 12.4 Å². The quantitative estimate of drug-likeness (QED) is 0.887. The molecule has 1 aliphatic heterocycles. The highest BCUT2D eigenvalue weighted by molar-refractivity contribution is 5.95. The minimum Gasteiger partial charge on any atom is -0.487 e. The summed E-state index contributed by atoms with van der Waals surface area (Å²) in [6.45, 7) is 1.57. The van der Waals surface area contributed by atoms with Crippen LogP contribution in [0.5, 0.6) is 5.75 Å². The molecule has 2 aliphatic rings. The van der Waals surface area contributed by atoms with Crippen LogP contribution in [0.15, 0.2) is 18.2 Å². The zero-order chi connectivity index (χ0) is 14.7. The molecule has 22 heavy (non-hydrogen) atoms. The Labute approximate surface area is 135 Å². The molecule has 1 aromatic rings. The second kappa shape index (κ2) is 7.76. The average Bonchev–Trinajstić information content (AvgIpc) is 2.45. The van der Waals surface area contributed by atoms with Gasteiger partial charge in [-0.2, -0.15) is 0 Å². The van der Waals surface area contributed by atoms with Gasteiger partial charge in [-0.3, -0.25) is 4.79 Å². The molecule has 2 fully saturated rings. The lowest BCUT2D eigenvalue weighted by molar-refractivity contribution is -0.120. The van der Waals surface area contributed by atoms with Crippen molar-refractivity contribution < 1.29 is 18.7 Å². The molecular formula is C15H20ClFN2O3. The lowest BCUT2D eigenvalue weighted by atomic mass is 9.96. The summed E-state index contributed by atoms with van der Waals surface area (Å²) >= 11 is 0. The standard InChI is InChI=1S/C15H19FN2O3.ClH/c16-12-8-10(4-5-14(12)21-11-2-1-3-11)18-15(19)13-9-20-7-6-17-13;/h4-5,8,11,13,17H,1-3,6-7,9H2,(H,18,19);1H. The minimum absolute atomic E-state index is 0. The number of hydrogen-bond acceptors (Lipinski definition) is 4. The molecule has 1 saturated carbocycles. The van der Waals surface area contributed by atoms with Crippen LogP contribution in [-0.2, 0) is 9.53 Å². The molecule has 1 amide bonds. The average molecular weight is 331 g/mol. The summed E-state index contributed by atoms with van der Waals surface area (Å²) < 4.78 is 24.7. The Balaban J connectivity index is 0.00000176. The van der Waals surface area contributed by atoms with Crippen molar-refractivity contribution in [3.8, 4) is 5.75 Å². The van der Waals surface area contributed by atoms with Crippen molar-refractivity contribution >= 4 is 24.0 Å². The van der Waals surface area contributed by atoms with Crippen molar-refractivity contribution in [1.82, 2.24) is 5.32 Å². The van der Waals surface area contributed by atoms with Gasteiger partial charge in [0.25, 0.3) is 0 Å². The van der Waals surface area contributed by atoms with Crippen molar-refractivity contribution in [3.05, 3.63) is 24.0 Å². The first-order valence-electron chi connectivity index (χ1n) is 7.30. The molecule has 1 aliphatic carbocycles. The van der Waals surface area contributed by atoms with E-state index < -0.39 is 11.9 Å². The van der Waals surface area contributed by atoms with E-state index in [1.165, 1.54) is 6.07 Å². The predicted molar refractivity (Wildman–Crippen MR) is 83.2 cm³/mol. The maximum atomic E-state index is 13.9. The molecule has 1 heterocycles. The summed E-state index contributed by atoms with van der Waals surface area (Å²) in [6, 6.07) is 4.11. The van der Waals surface area contributed by atoms with Crippen molar-refractivity contribution in [2.45, 2.75) is 31.4 Å². The Morgan fingerprint density at radius 2 is 2.23 bits per heavy atom. The topological polar surface area (TPSA) is 59.6 Å². The first-order valence-corrected chi connectivity index (χ1v) is 7.30. The minimum atomic E-state index is -0.451. The molecule has 1 saturated heterocycles. The highest BCUT2D eigenvalue weighted by Gasteiger charge is 2.23. The van der Waals surface area contributed by atoms with Crippen LogP contribution in [0.2, 0.25) is 0 Å². The van der Waals surface area contributed by atoms with Gasteiger partial charge in [-0.15, -0.1) is 12.4 Å². The van der Waals surface area contributed by atoms with E-state index in [9.17, 15) is 9.18 Å². The highest BCUT2D eigenvalue weighted by Crippen LogP contribution is 2.28. The lowest BCUT2D eigenvalue weighted by Gasteiger charge is -2.26. The first-order chi connectivity index (χ1) is 10.2. The summed E-state index contributed by atoms with van der Waals surface area (Å²) in [5.74, 6) is -0.425. The van der Waals surface area contributed by atoms with E-state index in [2.05, 4.69) is 10.6 Å². The van der Waals surface area contributed by atoms with Gasteiger partial charge >= 0.3 is 0 Å². The number of rotatable bonds is 4. The van der Waals surface area contributed by atoms with Crippen LogP contribution < -0.4 is 15.4 Å². The third-order valence-electron chi connectivity index (χ3n) is 3.78. The van der Waals surface area contributed by atoms with Crippen molar-refractivity contribution in [1.29, 1.82) is 0 Å². The summed E-state index contributed by atoms with van der Waals surface area (Å²) in [5.41, 5.74) is 0.422. The summed E-state index contributed by atoms with van der Waals surface area (Å²) in [4.78, 5) is 12.0. The number of anilines is 1. The fraction of sp³-hybridized carbons (Fsp3) is 0.533. The number of ether oxygens (including phenoxy) is 2.